The zero-order valence-corrected chi connectivity index (χ0v) is 12.8. The molecule has 7 nitrogen and oxygen atoms in total. The van der Waals surface area contributed by atoms with E-state index in [1.54, 1.807) is 22.9 Å². The Kier molecular flexibility index (Phi) is 4.37. The highest BCUT2D eigenvalue weighted by Gasteiger charge is 2.22. The van der Waals surface area contributed by atoms with E-state index >= 15 is 0 Å². The molecule has 8 heteroatoms. The average Bonchev–Trinajstić information content (AvgIpc) is 2.92. The summed E-state index contributed by atoms with van der Waals surface area (Å²) in [7, 11) is -0.923. The Hall–Kier alpha value is -2.22. The van der Waals surface area contributed by atoms with E-state index in [1.807, 2.05) is 6.92 Å². The Bertz CT molecular complexity index is 725. The zero-order chi connectivity index (χ0) is 15.5. The molecule has 0 aliphatic carbocycles. The molecule has 2 aromatic rings. The molecule has 1 N–H and O–H groups in total. The van der Waals surface area contributed by atoms with E-state index in [-0.39, 0.29) is 10.6 Å². The van der Waals surface area contributed by atoms with Gasteiger partial charge in [0.15, 0.2) is 0 Å². The summed E-state index contributed by atoms with van der Waals surface area (Å²) in [6.07, 6.45) is 1.53. The van der Waals surface area contributed by atoms with Crippen LogP contribution in [0.5, 0.6) is 11.5 Å². The van der Waals surface area contributed by atoms with Crippen LogP contribution >= 0.6 is 0 Å². The van der Waals surface area contributed by atoms with Crippen molar-refractivity contribution in [2.24, 2.45) is 0 Å². The first-order valence-electron chi connectivity index (χ1n) is 6.28. The Morgan fingerprint density at radius 3 is 2.62 bits per heavy atom. The van der Waals surface area contributed by atoms with Gasteiger partial charge in [-0.3, -0.25) is 4.72 Å². The first-order valence-corrected chi connectivity index (χ1v) is 7.76. The van der Waals surface area contributed by atoms with E-state index in [1.165, 1.54) is 26.5 Å². The molecule has 21 heavy (non-hydrogen) atoms. The number of nitrogens with one attached hydrogen (secondary N) is 1. The molecule has 0 aliphatic heterocycles. The lowest BCUT2D eigenvalue weighted by molar-refractivity contribution is 0.392. The molecule has 0 unspecified atom stereocenters. The van der Waals surface area contributed by atoms with Crippen LogP contribution in [-0.4, -0.2) is 32.4 Å². The maximum absolute atomic E-state index is 12.5. The largest absolute Gasteiger partial charge is 0.497 e. The SMILES string of the molecule is CCn1nccc1NS(=O)(=O)c1cc(OC)ccc1OC. The summed E-state index contributed by atoms with van der Waals surface area (Å²) < 4.78 is 39.3. The van der Waals surface area contributed by atoms with Crippen molar-refractivity contribution >= 4 is 15.8 Å². The molecular weight excluding hydrogens is 294 g/mol. The predicted octanol–water partition coefficient (Wildman–Crippen LogP) is 1.72. The van der Waals surface area contributed by atoms with Crippen LogP contribution in [0.3, 0.4) is 0 Å². The highest BCUT2D eigenvalue weighted by Crippen LogP contribution is 2.29. The molecule has 0 bridgehead atoms. The van der Waals surface area contributed by atoms with Crippen molar-refractivity contribution in [2.45, 2.75) is 18.4 Å². The van der Waals surface area contributed by atoms with Gasteiger partial charge in [0, 0.05) is 18.7 Å². The normalized spacial score (nSPS) is 11.2. The number of nitrogens with zero attached hydrogens (tertiary/aromatic N) is 2. The van der Waals surface area contributed by atoms with E-state index in [4.69, 9.17) is 9.47 Å². The number of methoxy groups -OCH3 is 2. The summed E-state index contributed by atoms with van der Waals surface area (Å²) in [5, 5.41) is 4.02. The van der Waals surface area contributed by atoms with Crippen molar-refractivity contribution in [3.05, 3.63) is 30.5 Å². The van der Waals surface area contributed by atoms with Crippen LogP contribution in [0.2, 0.25) is 0 Å². The summed E-state index contributed by atoms with van der Waals surface area (Å²) in [4.78, 5) is 0.00760. The molecule has 0 amide bonds. The van der Waals surface area contributed by atoms with E-state index in [9.17, 15) is 8.42 Å². The first kappa shape index (κ1) is 15.2. The lowest BCUT2D eigenvalue weighted by atomic mass is 10.3. The van der Waals surface area contributed by atoms with Gasteiger partial charge in [-0.2, -0.15) is 5.10 Å². The van der Waals surface area contributed by atoms with Crippen molar-refractivity contribution in [3.63, 3.8) is 0 Å². The zero-order valence-electron chi connectivity index (χ0n) is 12.0. The number of aryl methyl sites for hydroxylation is 1. The summed E-state index contributed by atoms with van der Waals surface area (Å²) in [6.45, 7) is 2.43. The quantitative estimate of drug-likeness (QED) is 0.878. The van der Waals surface area contributed by atoms with Crippen LogP contribution in [0.1, 0.15) is 6.92 Å². The van der Waals surface area contributed by atoms with Crippen LogP contribution in [0.25, 0.3) is 0 Å². The number of sulfonamides is 1. The molecule has 0 saturated carbocycles. The number of hydrogen-bond acceptors (Lipinski definition) is 5. The fraction of sp³-hybridized carbons (Fsp3) is 0.308. The van der Waals surface area contributed by atoms with Gasteiger partial charge < -0.3 is 9.47 Å². The maximum atomic E-state index is 12.5. The van der Waals surface area contributed by atoms with E-state index < -0.39 is 10.0 Å². The molecule has 0 saturated heterocycles. The first-order chi connectivity index (χ1) is 10.0. The molecule has 0 radical (unpaired) electrons. The third kappa shape index (κ3) is 3.10. The summed E-state index contributed by atoms with van der Waals surface area (Å²) >= 11 is 0. The minimum Gasteiger partial charge on any atom is -0.497 e. The van der Waals surface area contributed by atoms with Gasteiger partial charge in [0.2, 0.25) is 0 Å². The summed E-state index contributed by atoms with van der Waals surface area (Å²) in [6, 6.07) is 6.18. The van der Waals surface area contributed by atoms with Gasteiger partial charge in [-0.05, 0) is 19.1 Å². The molecule has 0 fully saturated rings. The van der Waals surface area contributed by atoms with Crippen molar-refractivity contribution in [3.8, 4) is 11.5 Å². The van der Waals surface area contributed by atoms with Crippen LogP contribution in [0.4, 0.5) is 5.82 Å². The molecule has 0 spiro atoms. The number of hydrogen-bond donors (Lipinski definition) is 1. The lowest BCUT2D eigenvalue weighted by Crippen LogP contribution is -2.17. The smallest absolute Gasteiger partial charge is 0.266 e. The number of rotatable bonds is 6. The Morgan fingerprint density at radius 1 is 1.24 bits per heavy atom. The molecule has 2 rings (SSSR count). The Labute approximate surface area is 123 Å². The number of benzene rings is 1. The maximum Gasteiger partial charge on any atom is 0.266 e. The molecule has 1 aromatic carbocycles. The molecule has 0 atom stereocenters. The third-order valence-corrected chi connectivity index (χ3v) is 4.29. The van der Waals surface area contributed by atoms with Crippen LogP contribution < -0.4 is 14.2 Å². The van der Waals surface area contributed by atoms with Gasteiger partial charge in [-0.1, -0.05) is 0 Å². The summed E-state index contributed by atoms with van der Waals surface area (Å²) in [5.41, 5.74) is 0. The number of aromatic nitrogens is 2. The molecule has 1 heterocycles. The Balaban J connectivity index is 2.44. The molecular formula is C13H17N3O4S. The van der Waals surface area contributed by atoms with Gasteiger partial charge >= 0.3 is 0 Å². The van der Waals surface area contributed by atoms with Gasteiger partial charge in [0.05, 0.1) is 20.4 Å². The average molecular weight is 311 g/mol. The van der Waals surface area contributed by atoms with Gasteiger partial charge in [0.25, 0.3) is 10.0 Å². The van der Waals surface area contributed by atoms with E-state index in [0.717, 1.165) is 0 Å². The molecule has 1 aromatic heterocycles. The monoisotopic (exact) mass is 311 g/mol. The standard InChI is InChI=1S/C13H17N3O4S/c1-4-16-13(7-8-14-16)15-21(17,18)12-9-10(19-2)5-6-11(12)20-3/h5-9,15H,4H2,1-3H3. The highest BCUT2D eigenvalue weighted by molar-refractivity contribution is 7.92. The van der Waals surface area contributed by atoms with Gasteiger partial charge in [-0.25, -0.2) is 13.1 Å². The fourth-order valence-electron chi connectivity index (χ4n) is 1.86. The van der Waals surface area contributed by atoms with Crippen molar-refractivity contribution in [1.82, 2.24) is 9.78 Å². The predicted molar refractivity (Wildman–Crippen MR) is 78.3 cm³/mol. The third-order valence-electron chi connectivity index (χ3n) is 2.92. The van der Waals surface area contributed by atoms with Gasteiger partial charge in [0.1, 0.15) is 22.2 Å². The van der Waals surface area contributed by atoms with E-state index in [2.05, 4.69) is 9.82 Å². The summed E-state index contributed by atoms with van der Waals surface area (Å²) in [5.74, 6) is 1.06. The highest BCUT2D eigenvalue weighted by atomic mass is 32.2. The van der Waals surface area contributed by atoms with Crippen molar-refractivity contribution < 1.29 is 17.9 Å². The van der Waals surface area contributed by atoms with Crippen molar-refractivity contribution in [1.29, 1.82) is 0 Å². The molecule has 114 valence electrons. The number of ether oxygens (including phenoxy) is 2. The van der Waals surface area contributed by atoms with E-state index in [0.29, 0.717) is 18.1 Å². The Morgan fingerprint density at radius 2 is 2.00 bits per heavy atom. The van der Waals surface area contributed by atoms with Crippen LogP contribution in [0.15, 0.2) is 35.4 Å². The minimum atomic E-state index is -3.81. The topological polar surface area (TPSA) is 82.5 Å². The van der Waals surface area contributed by atoms with Crippen LogP contribution in [-0.2, 0) is 16.6 Å². The van der Waals surface area contributed by atoms with Crippen molar-refractivity contribution in [2.75, 3.05) is 18.9 Å². The van der Waals surface area contributed by atoms with Gasteiger partial charge in [-0.15, -0.1) is 0 Å². The minimum absolute atomic E-state index is 0.00760. The molecule has 0 aliphatic rings. The lowest BCUT2D eigenvalue weighted by Gasteiger charge is -2.13. The second-order valence-electron chi connectivity index (χ2n) is 4.15. The fourth-order valence-corrected chi connectivity index (χ4v) is 3.10. The van der Waals surface area contributed by atoms with Crippen LogP contribution in [0, 0.1) is 0 Å². The second-order valence-corrected chi connectivity index (χ2v) is 5.81. The number of anilines is 1. The second kappa shape index (κ2) is 6.04.